The second-order valence-electron chi connectivity index (χ2n) is 1.62. The van der Waals surface area contributed by atoms with E-state index in [1.807, 2.05) is 0 Å². The van der Waals surface area contributed by atoms with E-state index >= 15 is 0 Å². The summed E-state index contributed by atoms with van der Waals surface area (Å²) in [6.07, 6.45) is 1.36. The Bertz CT molecular complexity index is 189. The third kappa shape index (κ3) is 4.04. The SMILES string of the molecule is CON(C)C(=O)C=C[N+](=O)[O-]. The summed E-state index contributed by atoms with van der Waals surface area (Å²) in [5, 5.41) is 10.6. The van der Waals surface area contributed by atoms with Gasteiger partial charge in [0.25, 0.3) is 5.91 Å². The number of hydroxylamine groups is 2. The van der Waals surface area contributed by atoms with Gasteiger partial charge in [0.2, 0.25) is 6.20 Å². The number of nitro groups is 1. The Balaban J connectivity index is 3.96. The average molecular weight is 160 g/mol. The van der Waals surface area contributed by atoms with Gasteiger partial charge in [0.15, 0.2) is 0 Å². The van der Waals surface area contributed by atoms with Crippen LogP contribution in [0, 0.1) is 10.1 Å². The highest BCUT2D eigenvalue weighted by molar-refractivity contribution is 5.86. The highest BCUT2D eigenvalue weighted by Gasteiger charge is 2.03. The van der Waals surface area contributed by atoms with E-state index in [4.69, 9.17) is 0 Å². The maximum absolute atomic E-state index is 10.7. The number of nitrogens with zero attached hydrogens (tertiary/aromatic N) is 2. The van der Waals surface area contributed by atoms with Crippen molar-refractivity contribution in [2.45, 2.75) is 0 Å². The molecule has 0 aliphatic heterocycles. The van der Waals surface area contributed by atoms with E-state index < -0.39 is 10.8 Å². The molecule has 0 radical (unpaired) electrons. The third-order valence-electron chi connectivity index (χ3n) is 0.923. The molecule has 0 rings (SSSR count). The molecule has 1 amide bonds. The molecule has 0 bridgehead atoms. The second kappa shape index (κ2) is 4.40. The molecule has 0 aromatic heterocycles. The standard InChI is InChI=1S/C5H8N2O4/c1-6(11-2)5(8)3-4-7(9)10/h3-4H,1-2H3. The molecule has 0 atom stereocenters. The Morgan fingerprint density at radius 3 is 2.64 bits per heavy atom. The van der Waals surface area contributed by atoms with Gasteiger partial charge >= 0.3 is 0 Å². The van der Waals surface area contributed by atoms with Gasteiger partial charge in [-0.25, -0.2) is 5.06 Å². The van der Waals surface area contributed by atoms with Crippen molar-refractivity contribution in [1.29, 1.82) is 0 Å². The minimum Gasteiger partial charge on any atom is -0.274 e. The lowest BCUT2D eigenvalue weighted by Gasteiger charge is -2.08. The summed E-state index contributed by atoms with van der Waals surface area (Å²) < 4.78 is 0. The van der Waals surface area contributed by atoms with Crippen LogP contribution in [0.3, 0.4) is 0 Å². The normalized spacial score (nSPS) is 10.0. The third-order valence-corrected chi connectivity index (χ3v) is 0.923. The number of carbonyl (C=O) groups is 1. The first-order valence-corrected chi connectivity index (χ1v) is 2.71. The molecular weight excluding hydrogens is 152 g/mol. The van der Waals surface area contributed by atoms with Gasteiger partial charge in [-0.2, -0.15) is 0 Å². The molecular formula is C5H8N2O4. The van der Waals surface area contributed by atoms with Gasteiger partial charge in [-0.1, -0.05) is 0 Å². The molecule has 6 nitrogen and oxygen atoms in total. The highest BCUT2D eigenvalue weighted by atomic mass is 16.7. The Hall–Kier alpha value is -1.43. The van der Waals surface area contributed by atoms with Crippen LogP contribution in [0.15, 0.2) is 12.3 Å². The first-order chi connectivity index (χ1) is 5.07. The van der Waals surface area contributed by atoms with Crippen LogP contribution in [0.25, 0.3) is 0 Å². The Morgan fingerprint density at radius 1 is 1.73 bits per heavy atom. The maximum atomic E-state index is 10.7. The van der Waals surface area contributed by atoms with E-state index in [1.54, 1.807) is 0 Å². The summed E-state index contributed by atoms with van der Waals surface area (Å²) in [6, 6.07) is 0. The largest absolute Gasteiger partial charge is 0.276 e. The summed E-state index contributed by atoms with van der Waals surface area (Å²) in [4.78, 5) is 24.1. The van der Waals surface area contributed by atoms with Gasteiger partial charge in [0.1, 0.15) is 0 Å². The molecule has 6 heteroatoms. The van der Waals surface area contributed by atoms with E-state index in [2.05, 4.69) is 4.84 Å². The number of carbonyl (C=O) groups excluding carboxylic acids is 1. The lowest BCUT2D eigenvalue weighted by molar-refractivity contribution is -0.402. The predicted octanol–water partition coefficient (Wildman–Crippen LogP) is -0.203. The van der Waals surface area contributed by atoms with Crippen molar-refractivity contribution in [3.8, 4) is 0 Å². The van der Waals surface area contributed by atoms with Gasteiger partial charge in [0, 0.05) is 7.05 Å². The van der Waals surface area contributed by atoms with Crippen LogP contribution in [0.5, 0.6) is 0 Å². The number of amides is 1. The number of likely N-dealkylation sites (N-methyl/N-ethyl adjacent to an activating group) is 1. The first-order valence-electron chi connectivity index (χ1n) is 2.71. The van der Waals surface area contributed by atoms with Gasteiger partial charge in [-0.3, -0.25) is 19.7 Å². The predicted molar refractivity (Wildman–Crippen MR) is 35.9 cm³/mol. The highest BCUT2D eigenvalue weighted by Crippen LogP contribution is 1.85. The molecule has 0 aromatic carbocycles. The molecule has 0 saturated carbocycles. The summed E-state index contributed by atoms with van der Waals surface area (Å²) in [6.45, 7) is 0. The minimum absolute atomic E-state index is 0.553. The lowest BCUT2D eigenvalue weighted by Crippen LogP contribution is -2.23. The molecule has 0 heterocycles. The van der Waals surface area contributed by atoms with E-state index in [0.29, 0.717) is 6.20 Å². The molecule has 0 N–H and O–H groups in total. The quantitative estimate of drug-likeness (QED) is 0.325. The maximum Gasteiger partial charge on any atom is 0.276 e. The summed E-state index contributed by atoms with van der Waals surface area (Å²) >= 11 is 0. The smallest absolute Gasteiger partial charge is 0.274 e. The van der Waals surface area contributed by atoms with Crippen molar-refractivity contribution in [2.75, 3.05) is 14.2 Å². The van der Waals surface area contributed by atoms with Crippen LogP contribution in [0.1, 0.15) is 0 Å². The topological polar surface area (TPSA) is 72.7 Å². The second-order valence-corrected chi connectivity index (χ2v) is 1.62. The van der Waals surface area contributed by atoms with Crippen LogP contribution < -0.4 is 0 Å². The van der Waals surface area contributed by atoms with Gasteiger partial charge in [-0.15, -0.1) is 0 Å². The van der Waals surface area contributed by atoms with Crippen molar-refractivity contribution in [3.63, 3.8) is 0 Å². The number of hydrogen-bond donors (Lipinski definition) is 0. The zero-order chi connectivity index (χ0) is 8.85. The lowest BCUT2D eigenvalue weighted by atomic mass is 10.6. The van der Waals surface area contributed by atoms with Crippen molar-refractivity contribution in [3.05, 3.63) is 22.4 Å². The average Bonchev–Trinajstić information content (AvgIpc) is 1.98. The van der Waals surface area contributed by atoms with Gasteiger partial charge in [0.05, 0.1) is 18.1 Å². The number of hydrogen-bond acceptors (Lipinski definition) is 4. The fourth-order valence-electron chi connectivity index (χ4n) is 0.320. The fraction of sp³-hybridized carbons (Fsp3) is 0.400. The zero-order valence-electron chi connectivity index (χ0n) is 6.18. The minimum atomic E-state index is -0.721. The molecule has 0 saturated heterocycles. The van der Waals surface area contributed by atoms with E-state index in [0.717, 1.165) is 11.1 Å². The van der Waals surface area contributed by atoms with Crippen molar-refractivity contribution >= 4 is 5.91 Å². The van der Waals surface area contributed by atoms with Crippen LogP contribution in [-0.4, -0.2) is 30.1 Å². The van der Waals surface area contributed by atoms with Gasteiger partial charge in [-0.05, 0) is 0 Å². The van der Waals surface area contributed by atoms with Crippen LogP contribution >= 0.6 is 0 Å². The molecule has 62 valence electrons. The van der Waals surface area contributed by atoms with Crippen LogP contribution in [0.4, 0.5) is 0 Å². The molecule has 0 aliphatic carbocycles. The monoisotopic (exact) mass is 160 g/mol. The van der Waals surface area contributed by atoms with Crippen LogP contribution in [0.2, 0.25) is 0 Å². The van der Waals surface area contributed by atoms with E-state index in [1.165, 1.54) is 14.2 Å². The Labute approximate surface area is 63.2 Å². The summed E-state index contributed by atoms with van der Waals surface area (Å²) in [5.41, 5.74) is 0. The fourth-order valence-corrected chi connectivity index (χ4v) is 0.320. The van der Waals surface area contributed by atoms with Crippen molar-refractivity contribution < 1.29 is 14.6 Å². The molecule has 11 heavy (non-hydrogen) atoms. The Kier molecular flexibility index (Phi) is 3.82. The van der Waals surface area contributed by atoms with Gasteiger partial charge < -0.3 is 0 Å². The summed E-state index contributed by atoms with van der Waals surface area (Å²) in [7, 11) is 2.64. The Morgan fingerprint density at radius 2 is 2.27 bits per heavy atom. The van der Waals surface area contributed by atoms with E-state index in [-0.39, 0.29) is 0 Å². The van der Waals surface area contributed by atoms with Crippen molar-refractivity contribution in [2.24, 2.45) is 0 Å². The molecule has 0 aliphatic rings. The van der Waals surface area contributed by atoms with Crippen molar-refractivity contribution in [1.82, 2.24) is 5.06 Å². The summed E-state index contributed by atoms with van der Waals surface area (Å²) in [5.74, 6) is -0.579. The van der Waals surface area contributed by atoms with E-state index in [9.17, 15) is 14.9 Å². The zero-order valence-corrected chi connectivity index (χ0v) is 6.18. The molecule has 0 unspecified atom stereocenters. The first kappa shape index (κ1) is 9.57. The molecule has 0 spiro atoms. The van der Waals surface area contributed by atoms with Crippen LogP contribution in [-0.2, 0) is 9.63 Å². The molecule has 0 fully saturated rings. The number of rotatable bonds is 3. The molecule has 0 aromatic rings.